The monoisotopic (exact) mass is 294 g/mol. The fraction of sp³-hybridized carbons (Fsp3) is 0.417. The van der Waals surface area contributed by atoms with Crippen LogP contribution in [-0.4, -0.2) is 34.0 Å². The number of aliphatic hydroxyl groups is 2. The summed E-state index contributed by atoms with van der Waals surface area (Å²) in [4.78, 5) is 11.2. The SMILES string of the molecule is CCOC(=O)C(O)C(O)c1ccc(O)cc1C(F)(F)F. The predicted molar refractivity (Wildman–Crippen MR) is 60.7 cm³/mol. The van der Waals surface area contributed by atoms with Crippen LogP contribution >= 0.6 is 0 Å². The number of rotatable bonds is 4. The Morgan fingerprint density at radius 1 is 1.35 bits per heavy atom. The molecule has 8 heteroatoms. The number of carbonyl (C=O) groups excluding carboxylic acids is 1. The van der Waals surface area contributed by atoms with E-state index in [-0.39, 0.29) is 6.61 Å². The van der Waals surface area contributed by atoms with Gasteiger partial charge in [0.05, 0.1) is 12.2 Å². The standard InChI is InChI=1S/C12H13F3O5/c1-2-20-11(19)10(18)9(17)7-4-3-6(16)5-8(7)12(13,14)15/h3-5,9-10,16-18H,2H2,1H3. The molecule has 0 radical (unpaired) electrons. The summed E-state index contributed by atoms with van der Waals surface area (Å²) in [7, 11) is 0. The van der Waals surface area contributed by atoms with E-state index in [9.17, 15) is 28.2 Å². The zero-order valence-corrected chi connectivity index (χ0v) is 10.4. The van der Waals surface area contributed by atoms with E-state index < -0.39 is 41.2 Å². The summed E-state index contributed by atoms with van der Waals surface area (Å²) in [6.07, 6.45) is -9.13. The van der Waals surface area contributed by atoms with Crippen molar-refractivity contribution < 1.29 is 38.0 Å². The Bertz CT molecular complexity index is 486. The van der Waals surface area contributed by atoms with Crippen molar-refractivity contribution in [3.05, 3.63) is 29.3 Å². The van der Waals surface area contributed by atoms with E-state index in [2.05, 4.69) is 4.74 Å². The molecule has 0 aliphatic heterocycles. The van der Waals surface area contributed by atoms with Crippen molar-refractivity contribution in [1.29, 1.82) is 0 Å². The number of alkyl halides is 3. The maximum absolute atomic E-state index is 12.8. The van der Waals surface area contributed by atoms with Gasteiger partial charge in [-0.1, -0.05) is 6.07 Å². The van der Waals surface area contributed by atoms with Gasteiger partial charge < -0.3 is 20.1 Å². The smallest absolute Gasteiger partial charge is 0.416 e. The Morgan fingerprint density at radius 2 is 1.95 bits per heavy atom. The quantitative estimate of drug-likeness (QED) is 0.730. The van der Waals surface area contributed by atoms with Gasteiger partial charge in [-0.15, -0.1) is 0 Å². The third kappa shape index (κ3) is 3.61. The lowest BCUT2D eigenvalue weighted by molar-refractivity contribution is -0.161. The number of aromatic hydroxyl groups is 1. The molecule has 1 aromatic carbocycles. The number of hydrogen-bond acceptors (Lipinski definition) is 5. The molecule has 20 heavy (non-hydrogen) atoms. The summed E-state index contributed by atoms with van der Waals surface area (Å²) >= 11 is 0. The molecule has 2 unspecified atom stereocenters. The van der Waals surface area contributed by atoms with Crippen LogP contribution in [0.1, 0.15) is 24.2 Å². The Balaban J connectivity index is 3.16. The Labute approximate surface area is 112 Å². The summed E-state index contributed by atoms with van der Waals surface area (Å²) in [5, 5.41) is 28.2. The van der Waals surface area contributed by atoms with Crippen molar-refractivity contribution >= 4 is 5.97 Å². The van der Waals surface area contributed by atoms with Crippen LogP contribution in [0.15, 0.2) is 18.2 Å². The third-order valence-corrected chi connectivity index (χ3v) is 2.49. The summed E-state index contributed by atoms with van der Waals surface area (Å²) in [5.74, 6) is -1.89. The molecule has 1 rings (SSSR count). The van der Waals surface area contributed by atoms with Crippen LogP contribution < -0.4 is 0 Å². The highest BCUT2D eigenvalue weighted by Gasteiger charge is 2.38. The second kappa shape index (κ2) is 6.10. The number of hydrogen-bond donors (Lipinski definition) is 3. The van der Waals surface area contributed by atoms with Crippen LogP contribution in [0, 0.1) is 0 Å². The molecule has 3 N–H and O–H groups in total. The lowest BCUT2D eigenvalue weighted by Crippen LogP contribution is -2.31. The van der Waals surface area contributed by atoms with Gasteiger partial charge in [-0.05, 0) is 24.6 Å². The summed E-state index contributed by atoms with van der Waals surface area (Å²) in [5.41, 5.74) is -2.07. The Morgan fingerprint density at radius 3 is 2.45 bits per heavy atom. The molecule has 1 aromatic rings. The van der Waals surface area contributed by atoms with Crippen LogP contribution in [0.3, 0.4) is 0 Å². The molecule has 0 amide bonds. The van der Waals surface area contributed by atoms with Gasteiger partial charge in [0.25, 0.3) is 0 Å². The first-order valence-corrected chi connectivity index (χ1v) is 5.61. The fourth-order valence-electron chi connectivity index (χ4n) is 1.57. The summed E-state index contributed by atoms with van der Waals surface area (Å²) in [6, 6.07) is 2.09. The number of phenolic OH excluding ortho intramolecular Hbond substituents is 1. The van der Waals surface area contributed by atoms with E-state index >= 15 is 0 Å². The highest BCUT2D eigenvalue weighted by molar-refractivity contribution is 5.75. The van der Waals surface area contributed by atoms with Crippen LogP contribution in [-0.2, 0) is 15.7 Å². The summed E-state index contributed by atoms with van der Waals surface area (Å²) < 4.78 is 42.8. The number of esters is 1. The van der Waals surface area contributed by atoms with Crippen molar-refractivity contribution in [3.8, 4) is 5.75 Å². The molecule has 112 valence electrons. The molecule has 2 atom stereocenters. The fourth-order valence-corrected chi connectivity index (χ4v) is 1.57. The van der Waals surface area contributed by atoms with E-state index in [0.717, 1.165) is 12.1 Å². The maximum Gasteiger partial charge on any atom is 0.416 e. The van der Waals surface area contributed by atoms with E-state index in [1.54, 1.807) is 0 Å². The predicted octanol–water partition coefficient (Wildman–Crippen LogP) is 1.37. The first-order valence-electron chi connectivity index (χ1n) is 5.61. The molecule has 5 nitrogen and oxygen atoms in total. The minimum atomic E-state index is -4.86. The normalized spacial score (nSPS) is 14.7. The highest BCUT2D eigenvalue weighted by atomic mass is 19.4. The Hall–Kier alpha value is -1.80. The molecule has 0 saturated carbocycles. The lowest BCUT2D eigenvalue weighted by atomic mass is 9.98. The molecule has 0 aliphatic carbocycles. The molecule has 0 aliphatic rings. The number of benzene rings is 1. The van der Waals surface area contributed by atoms with Gasteiger partial charge in [0.1, 0.15) is 11.9 Å². The Kier molecular flexibility index (Phi) is 4.96. The van der Waals surface area contributed by atoms with E-state index in [1.807, 2.05) is 0 Å². The largest absolute Gasteiger partial charge is 0.508 e. The first kappa shape index (κ1) is 16.3. The van der Waals surface area contributed by atoms with Gasteiger partial charge in [0.2, 0.25) is 0 Å². The molecule has 0 aromatic heterocycles. The minimum Gasteiger partial charge on any atom is -0.508 e. The van der Waals surface area contributed by atoms with Crippen LogP contribution in [0.2, 0.25) is 0 Å². The van der Waals surface area contributed by atoms with Crippen LogP contribution in [0.5, 0.6) is 5.75 Å². The molecule has 0 bridgehead atoms. The van der Waals surface area contributed by atoms with Gasteiger partial charge in [-0.3, -0.25) is 0 Å². The molecular formula is C12H13F3O5. The van der Waals surface area contributed by atoms with Crippen molar-refractivity contribution in [2.24, 2.45) is 0 Å². The van der Waals surface area contributed by atoms with E-state index in [4.69, 9.17) is 5.11 Å². The van der Waals surface area contributed by atoms with E-state index in [1.165, 1.54) is 6.92 Å². The lowest BCUT2D eigenvalue weighted by Gasteiger charge is -2.20. The van der Waals surface area contributed by atoms with Gasteiger partial charge in [0, 0.05) is 0 Å². The second-order valence-corrected chi connectivity index (χ2v) is 3.91. The molecule has 0 saturated heterocycles. The zero-order chi connectivity index (χ0) is 15.5. The van der Waals surface area contributed by atoms with Gasteiger partial charge >= 0.3 is 12.1 Å². The van der Waals surface area contributed by atoms with Crippen LogP contribution in [0.25, 0.3) is 0 Å². The number of halogens is 3. The van der Waals surface area contributed by atoms with Crippen molar-refractivity contribution in [2.75, 3.05) is 6.61 Å². The minimum absolute atomic E-state index is 0.0929. The average molecular weight is 294 g/mol. The third-order valence-electron chi connectivity index (χ3n) is 2.49. The topological polar surface area (TPSA) is 87.0 Å². The highest BCUT2D eigenvalue weighted by Crippen LogP contribution is 2.37. The van der Waals surface area contributed by atoms with Crippen LogP contribution in [0.4, 0.5) is 13.2 Å². The number of ether oxygens (including phenoxy) is 1. The molecular weight excluding hydrogens is 281 g/mol. The van der Waals surface area contributed by atoms with Crippen molar-refractivity contribution in [2.45, 2.75) is 25.3 Å². The van der Waals surface area contributed by atoms with Crippen molar-refractivity contribution in [3.63, 3.8) is 0 Å². The molecule has 0 spiro atoms. The van der Waals surface area contributed by atoms with Gasteiger partial charge in [-0.25, -0.2) is 4.79 Å². The summed E-state index contributed by atoms with van der Waals surface area (Å²) in [6.45, 7) is 1.35. The van der Waals surface area contributed by atoms with Gasteiger partial charge in [0.15, 0.2) is 6.10 Å². The number of carbonyl (C=O) groups is 1. The maximum atomic E-state index is 12.8. The second-order valence-electron chi connectivity index (χ2n) is 3.91. The number of aliphatic hydroxyl groups excluding tert-OH is 2. The van der Waals surface area contributed by atoms with E-state index in [0.29, 0.717) is 6.07 Å². The first-order chi connectivity index (χ1) is 9.18. The zero-order valence-electron chi connectivity index (χ0n) is 10.4. The average Bonchev–Trinajstić information content (AvgIpc) is 2.36. The van der Waals surface area contributed by atoms with Gasteiger partial charge in [-0.2, -0.15) is 13.2 Å². The number of phenols is 1. The van der Waals surface area contributed by atoms with Crippen molar-refractivity contribution in [1.82, 2.24) is 0 Å². The molecule has 0 heterocycles. The molecule has 0 fully saturated rings.